The highest BCUT2D eigenvalue weighted by molar-refractivity contribution is 5.70. The average Bonchev–Trinajstić information content (AvgIpc) is 3.20. The van der Waals surface area contributed by atoms with Crippen LogP contribution in [0.3, 0.4) is 0 Å². The fourth-order valence-corrected chi connectivity index (χ4v) is 2.53. The van der Waals surface area contributed by atoms with Crippen molar-refractivity contribution in [3.63, 3.8) is 0 Å². The van der Waals surface area contributed by atoms with Gasteiger partial charge in [0, 0.05) is 6.04 Å². The summed E-state index contributed by atoms with van der Waals surface area (Å²) in [7, 11) is 4.04. The Hall–Kier alpha value is -1.35. The number of carbonyl (C=O) groups is 1. The molecule has 19 heavy (non-hydrogen) atoms. The monoisotopic (exact) mass is 261 g/mol. The van der Waals surface area contributed by atoms with E-state index < -0.39 is 0 Å². The van der Waals surface area contributed by atoms with Gasteiger partial charge in [0.25, 0.3) is 0 Å². The number of nitrogens with zero attached hydrogens (tertiary/aromatic N) is 1. The Bertz CT molecular complexity index is 438. The summed E-state index contributed by atoms with van der Waals surface area (Å²) >= 11 is 0. The quantitative estimate of drug-likeness (QED) is 0.737. The van der Waals surface area contributed by atoms with Gasteiger partial charge in [-0.1, -0.05) is 24.3 Å². The molecule has 0 radical (unpaired) electrons. The van der Waals surface area contributed by atoms with Crippen molar-refractivity contribution in [2.24, 2.45) is 0 Å². The van der Waals surface area contributed by atoms with Gasteiger partial charge >= 0.3 is 5.97 Å². The van der Waals surface area contributed by atoms with E-state index in [0.717, 1.165) is 0 Å². The van der Waals surface area contributed by atoms with Crippen LogP contribution in [-0.2, 0) is 9.53 Å². The summed E-state index contributed by atoms with van der Waals surface area (Å²) in [6.45, 7) is 2.30. The van der Waals surface area contributed by atoms with Gasteiger partial charge in [-0.05, 0) is 50.9 Å². The second kappa shape index (κ2) is 6.20. The zero-order valence-electron chi connectivity index (χ0n) is 12.1. The molecule has 1 saturated carbocycles. The van der Waals surface area contributed by atoms with Crippen LogP contribution in [0.5, 0.6) is 0 Å². The van der Waals surface area contributed by atoms with Gasteiger partial charge in [0.05, 0.1) is 13.0 Å². The Morgan fingerprint density at radius 1 is 1.37 bits per heavy atom. The van der Waals surface area contributed by atoms with Gasteiger partial charge in [0.1, 0.15) is 0 Å². The minimum Gasteiger partial charge on any atom is -0.466 e. The van der Waals surface area contributed by atoms with Gasteiger partial charge in [-0.3, -0.25) is 4.79 Å². The number of rotatable bonds is 6. The molecule has 0 spiro atoms. The maximum Gasteiger partial charge on any atom is 0.307 e. The standard InChI is InChI=1S/C16H23NO2/c1-4-19-16(18)11-15(17(2)3)14-8-6-5-7-13(14)12-9-10-12/h5-8,12,15H,4,9-11H2,1-3H3. The molecular weight excluding hydrogens is 238 g/mol. The van der Waals surface area contributed by atoms with E-state index in [0.29, 0.717) is 18.9 Å². The van der Waals surface area contributed by atoms with Crippen LogP contribution in [0.1, 0.15) is 49.3 Å². The molecule has 1 aromatic rings. The molecule has 104 valence electrons. The lowest BCUT2D eigenvalue weighted by atomic mass is 9.94. The van der Waals surface area contributed by atoms with E-state index in [9.17, 15) is 4.79 Å². The Kier molecular flexibility index (Phi) is 4.59. The van der Waals surface area contributed by atoms with Crippen molar-refractivity contribution in [2.45, 2.75) is 38.1 Å². The fraction of sp³-hybridized carbons (Fsp3) is 0.562. The summed E-state index contributed by atoms with van der Waals surface area (Å²) in [5, 5.41) is 0. The van der Waals surface area contributed by atoms with Crippen LogP contribution in [0.2, 0.25) is 0 Å². The minimum absolute atomic E-state index is 0.107. The smallest absolute Gasteiger partial charge is 0.307 e. The summed E-state index contributed by atoms with van der Waals surface area (Å²) in [6, 6.07) is 8.61. The van der Waals surface area contributed by atoms with Crippen LogP contribution in [0.15, 0.2) is 24.3 Å². The number of hydrogen-bond donors (Lipinski definition) is 0. The summed E-state index contributed by atoms with van der Waals surface area (Å²) in [5.41, 5.74) is 2.69. The van der Waals surface area contributed by atoms with Gasteiger partial charge in [-0.15, -0.1) is 0 Å². The molecule has 1 atom stereocenters. The van der Waals surface area contributed by atoms with Crippen molar-refractivity contribution in [3.05, 3.63) is 35.4 Å². The van der Waals surface area contributed by atoms with Crippen molar-refractivity contribution < 1.29 is 9.53 Å². The molecule has 2 rings (SSSR count). The summed E-state index contributed by atoms with van der Waals surface area (Å²) in [6.07, 6.45) is 2.97. The van der Waals surface area contributed by atoms with Crippen LogP contribution in [0.25, 0.3) is 0 Å². The molecule has 0 amide bonds. The fourth-order valence-electron chi connectivity index (χ4n) is 2.53. The third-order valence-corrected chi connectivity index (χ3v) is 3.66. The van der Waals surface area contributed by atoms with Crippen molar-refractivity contribution in [2.75, 3.05) is 20.7 Å². The number of ether oxygens (including phenoxy) is 1. The lowest BCUT2D eigenvalue weighted by molar-refractivity contribution is -0.144. The molecular formula is C16H23NO2. The summed E-state index contributed by atoms with van der Waals surface area (Å²) in [5.74, 6) is 0.577. The minimum atomic E-state index is -0.119. The number of hydrogen-bond acceptors (Lipinski definition) is 3. The summed E-state index contributed by atoms with van der Waals surface area (Å²) in [4.78, 5) is 13.9. The maximum absolute atomic E-state index is 11.8. The molecule has 0 aromatic heterocycles. The van der Waals surface area contributed by atoms with E-state index >= 15 is 0 Å². The van der Waals surface area contributed by atoms with E-state index in [1.165, 1.54) is 24.0 Å². The molecule has 0 heterocycles. The van der Waals surface area contributed by atoms with Crippen molar-refractivity contribution in [3.8, 4) is 0 Å². The molecule has 0 N–H and O–H groups in total. The van der Waals surface area contributed by atoms with Crippen molar-refractivity contribution in [1.82, 2.24) is 4.90 Å². The predicted octanol–water partition coefficient (Wildman–Crippen LogP) is 3.12. The maximum atomic E-state index is 11.8. The van der Waals surface area contributed by atoms with E-state index in [1.807, 2.05) is 21.0 Å². The average molecular weight is 261 g/mol. The Morgan fingerprint density at radius 2 is 2.05 bits per heavy atom. The van der Waals surface area contributed by atoms with E-state index in [4.69, 9.17) is 4.74 Å². The normalized spacial score (nSPS) is 16.4. The number of benzene rings is 1. The van der Waals surface area contributed by atoms with E-state index in [-0.39, 0.29) is 12.0 Å². The lowest BCUT2D eigenvalue weighted by Crippen LogP contribution is -2.24. The van der Waals surface area contributed by atoms with Gasteiger partial charge in [-0.25, -0.2) is 0 Å². The SMILES string of the molecule is CCOC(=O)CC(c1ccccc1C1CC1)N(C)C. The molecule has 0 saturated heterocycles. The van der Waals surface area contributed by atoms with Crippen LogP contribution in [0, 0.1) is 0 Å². The Morgan fingerprint density at radius 3 is 2.63 bits per heavy atom. The molecule has 3 heteroatoms. The van der Waals surface area contributed by atoms with Crippen molar-refractivity contribution >= 4 is 5.97 Å². The third kappa shape index (κ3) is 3.57. The first-order chi connectivity index (χ1) is 9.13. The van der Waals surface area contributed by atoms with Gasteiger partial charge in [0.2, 0.25) is 0 Å². The van der Waals surface area contributed by atoms with Crippen LogP contribution in [0.4, 0.5) is 0 Å². The first kappa shape index (κ1) is 14.1. The second-order valence-corrected chi connectivity index (χ2v) is 5.39. The lowest BCUT2D eigenvalue weighted by Gasteiger charge is -2.26. The summed E-state index contributed by atoms with van der Waals surface area (Å²) < 4.78 is 5.09. The first-order valence-corrected chi connectivity index (χ1v) is 7.04. The molecule has 3 nitrogen and oxygen atoms in total. The van der Waals surface area contributed by atoms with Crippen molar-refractivity contribution in [1.29, 1.82) is 0 Å². The topological polar surface area (TPSA) is 29.5 Å². The number of esters is 1. The van der Waals surface area contributed by atoms with Crippen LogP contribution in [-0.4, -0.2) is 31.6 Å². The Balaban J connectivity index is 2.21. The highest BCUT2D eigenvalue weighted by atomic mass is 16.5. The van der Waals surface area contributed by atoms with Crippen LogP contribution < -0.4 is 0 Å². The van der Waals surface area contributed by atoms with Gasteiger partial charge < -0.3 is 9.64 Å². The largest absolute Gasteiger partial charge is 0.466 e. The molecule has 1 aromatic carbocycles. The highest BCUT2D eigenvalue weighted by Gasteiger charge is 2.29. The number of carbonyl (C=O) groups excluding carboxylic acids is 1. The van der Waals surface area contributed by atoms with E-state index in [1.54, 1.807) is 0 Å². The van der Waals surface area contributed by atoms with Gasteiger partial charge in [-0.2, -0.15) is 0 Å². The molecule has 1 unspecified atom stereocenters. The molecule has 1 aliphatic carbocycles. The van der Waals surface area contributed by atoms with E-state index in [2.05, 4.69) is 29.2 Å². The predicted molar refractivity (Wildman–Crippen MR) is 76.1 cm³/mol. The highest BCUT2D eigenvalue weighted by Crippen LogP contribution is 2.44. The third-order valence-electron chi connectivity index (χ3n) is 3.66. The molecule has 1 aliphatic rings. The van der Waals surface area contributed by atoms with Gasteiger partial charge in [0.15, 0.2) is 0 Å². The zero-order chi connectivity index (χ0) is 13.8. The molecule has 1 fully saturated rings. The van der Waals surface area contributed by atoms with Crippen LogP contribution >= 0.6 is 0 Å². The molecule has 0 bridgehead atoms. The second-order valence-electron chi connectivity index (χ2n) is 5.39. The first-order valence-electron chi connectivity index (χ1n) is 7.04. The zero-order valence-corrected chi connectivity index (χ0v) is 12.1. The molecule has 0 aliphatic heterocycles. The Labute approximate surface area is 115 Å².